The molecule has 0 saturated heterocycles. The Labute approximate surface area is 112 Å². The minimum Gasteiger partial charge on any atom is -0.329 e. The summed E-state index contributed by atoms with van der Waals surface area (Å²) in [6, 6.07) is 0. The van der Waals surface area contributed by atoms with E-state index >= 15 is 0 Å². The van der Waals surface area contributed by atoms with Crippen molar-refractivity contribution >= 4 is 11.6 Å². The second-order valence-electron chi connectivity index (χ2n) is 4.52. The molecule has 3 nitrogen and oxygen atoms in total. The molecule has 112 valence electrons. The molecule has 0 aliphatic heterocycles. The zero-order valence-corrected chi connectivity index (χ0v) is 10.8. The van der Waals surface area contributed by atoms with E-state index in [9.17, 15) is 26.7 Å². The molecule has 1 unspecified atom stereocenters. The summed E-state index contributed by atoms with van der Waals surface area (Å²) in [5.41, 5.74) is 2.82. The van der Waals surface area contributed by atoms with Gasteiger partial charge in [-0.25, -0.2) is 22.0 Å². The van der Waals surface area contributed by atoms with E-state index in [-0.39, 0.29) is 13.0 Å². The normalized spacial score (nSPS) is 14.0. The molecule has 1 aromatic rings. The van der Waals surface area contributed by atoms with Gasteiger partial charge >= 0.3 is 0 Å². The lowest BCUT2D eigenvalue weighted by atomic mass is 9.86. The van der Waals surface area contributed by atoms with Crippen LogP contribution < -0.4 is 11.1 Å². The van der Waals surface area contributed by atoms with Gasteiger partial charge in [0.2, 0.25) is 11.7 Å². The van der Waals surface area contributed by atoms with Crippen LogP contribution in [0.25, 0.3) is 0 Å². The maximum absolute atomic E-state index is 13.4. The molecule has 1 rings (SSSR count). The van der Waals surface area contributed by atoms with Gasteiger partial charge in [-0.05, 0) is 13.3 Å². The van der Waals surface area contributed by atoms with Gasteiger partial charge in [0.05, 0.1) is 5.41 Å². The summed E-state index contributed by atoms with van der Waals surface area (Å²) in [5.74, 6) is -11.6. The lowest BCUT2D eigenvalue weighted by Gasteiger charge is -2.25. The van der Waals surface area contributed by atoms with Crippen LogP contribution in [0.3, 0.4) is 0 Å². The number of rotatable bonds is 4. The maximum Gasteiger partial charge on any atom is 0.231 e. The van der Waals surface area contributed by atoms with Crippen LogP contribution in [0.1, 0.15) is 20.3 Å². The Morgan fingerprint density at radius 1 is 1.05 bits per heavy atom. The van der Waals surface area contributed by atoms with Crippen molar-refractivity contribution in [2.75, 3.05) is 11.9 Å². The van der Waals surface area contributed by atoms with E-state index in [1.165, 1.54) is 6.92 Å². The molecule has 0 saturated carbocycles. The number of hydrogen-bond donors (Lipinski definition) is 2. The van der Waals surface area contributed by atoms with E-state index in [1.807, 2.05) is 0 Å². The second kappa shape index (κ2) is 5.74. The number of anilines is 1. The molecule has 0 aliphatic carbocycles. The largest absolute Gasteiger partial charge is 0.329 e. The fourth-order valence-corrected chi connectivity index (χ4v) is 1.38. The minimum absolute atomic E-state index is 0.148. The SMILES string of the molecule is CCC(C)(CN)C(=O)Nc1c(F)c(F)c(F)c(F)c1F. The van der Waals surface area contributed by atoms with E-state index < -0.39 is 46.1 Å². The Bertz CT molecular complexity index is 514. The van der Waals surface area contributed by atoms with Gasteiger partial charge in [-0.1, -0.05) is 6.92 Å². The lowest BCUT2D eigenvalue weighted by Crippen LogP contribution is -2.39. The highest BCUT2D eigenvalue weighted by molar-refractivity contribution is 5.95. The van der Waals surface area contributed by atoms with Gasteiger partial charge in [0.1, 0.15) is 5.69 Å². The Morgan fingerprint density at radius 2 is 1.45 bits per heavy atom. The fraction of sp³-hybridized carbons (Fsp3) is 0.417. The summed E-state index contributed by atoms with van der Waals surface area (Å²) in [4.78, 5) is 11.8. The molecule has 0 aromatic heterocycles. The molecule has 8 heteroatoms. The van der Waals surface area contributed by atoms with E-state index in [0.717, 1.165) is 0 Å². The minimum atomic E-state index is -2.28. The van der Waals surface area contributed by atoms with Gasteiger partial charge in [-0.2, -0.15) is 0 Å². The highest BCUT2D eigenvalue weighted by Crippen LogP contribution is 2.29. The molecule has 1 amide bonds. The van der Waals surface area contributed by atoms with Crippen LogP contribution >= 0.6 is 0 Å². The number of hydrogen-bond acceptors (Lipinski definition) is 2. The third-order valence-corrected chi connectivity index (χ3v) is 3.23. The first-order chi connectivity index (χ1) is 9.19. The predicted octanol–water partition coefficient (Wildman–Crippen LogP) is 2.70. The number of halogens is 5. The number of carbonyl (C=O) groups excluding carboxylic acids is 1. The molecule has 1 aromatic carbocycles. The van der Waals surface area contributed by atoms with Gasteiger partial charge < -0.3 is 11.1 Å². The lowest BCUT2D eigenvalue weighted by molar-refractivity contribution is -0.124. The van der Waals surface area contributed by atoms with Crippen molar-refractivity contribution in [3.05, 3.63) is 29.1 Å². The number of nitrogens with two attached hydrogens (primary N) is 1. The zero-order chi connectivity index (χ0) is 15.7. The van der Waals surface area contributed by atoms with Crippen LogP contribution in [0, 0.1) is 34.5 Å². The monoisotopic (exact) mass is 296 g/mol. The third kappa shape index (κ3) is 2.60. The first kappa shape index (κ1) is 16.4. The van der Waals surface area contributed by atoms with Crippen LogP contribution in [0.4, 0.5) is 27.6 Å². The molecule has 0 radical (unpaired) electrons. The van der Waals surface area contributed by atoms with Gasteiger partial charge in [-0.15, -0.1) is 0 Å². The van der Waals surface area contributed by atoms with Crippen LogP contribution in [-0.4, -0.2) is 12.5 Å². The van der Waals surface area contributed by atoms with Crippen LogP contribution in [-0.2, 0) is 4.79 Å². The summed E-state index contributed by atoms with van der Waals surface area (Å²) in [5, 5.41) is 1.71. The quantitative estimate of drug-likeness (QED) is 0.510. The highest BCUT2D eigenvalue weighted by atomic mass is 19.2. The summed E-state index contributed by atoms with van der Waals surface area (Å²) >= 11 is 0. The Kier molecular flexibility index (Phi) is 4.69. The summed E-state index contributed by atoms with van der Waals surface area (Å²) in [6.45, 7) is 2.87. The van der Waals surface area contributed by atoms with Crippen molar-refractivity contribution in [3.63, 3.8) is 0 Å². The van der Waals surface area contributed by atoms with Crippen molar-refractivity contribution in [2.45, 2.75) is 20.3 Å². The number of benzene rings is 1. The van der Waals surface area contributed by atoms with Crippen molar-refractivity contribution in [3.8, 4) is 0 Å². The summed E-state index contributed by atoms with van der Waals surface area (Å²) in [7, 11) is 0. The molecular weight excluding hydrogens is 283 g/mol. The van der Waals surface area contributed by atoms with Crippen molar-refractivity contribution in [1.82, 2.24) is 0 Å². The van der Waals surface area contributed by atoms with E-state index in [1.54, 1.807) is 12.2 Å². The molecule has 0 bridgehead atoms. The number of amides is 1. The summed E-state index contributed by atoms with van der Waals surface area (Å²) in [6.07, 6.45) is 0.227. The van der Waals surface area contributed by atoms with Gasteiger partial charge in [0.25, 0.3) is 0 Å². The van der Waals surface area contributed by atoms with Crippen LogP contribution in [0.2, 0.25) is 0 Å². The van der Waals surface area contributed by atoms with Gasteiger partial charge in [-0.3, -0.25) is 4.79 Å². The molecule has 1 atom stereocenters. The first-order valence-corrected chi connectivity index (χ1v) is 5.72. The zero-order valence-electron chi connectivity index (χ0n) is 10.8. The topological polar surface area (TPSA) is 55.1 Å². The Balaban J connectivity index is 3.27. The summed E-state index contributed by atoms with van der Waals surface area (Å²) < 4.78 is 65.6. The van der Waals surface area contributed by atoms with Crippen LogP contribution in [0.15, 0.2) is 0 Å². The van der Waals surface area contributed by atoms with E-state index in [2.05, 4.69) is 0 Å². The van der Waals surface area contributed by atoms with Crippen molar-refractivity contribution < 1.29 is 26.7 Å². The van der Waals surface area contributed by atoms with E-state index in [4.69, 9.17) is 5.73 Å². The molecule has 0 heterocycles. The average molecular weight is 296 g/mol. The number of carbonyl (C=O) groups is 1. The standard InChI is InChI=1S/C12H13F5N2O/c1-3-12(2,4-18)11(20)19-10-8(16)6(14)5(13)7(15)9(10)17/h3-4,18H2,1-2H3,(H,19,20). The van der Waals surface area contributed by atoms with Crippen LogP contribution in [0.5, 0.6) is 0 Å². The first-order valence-electron chi connectivity index (χ1n) is 5.72. The average Bonchev–Trinajstić information content (AvgIpc) is 2.46. The van der Waals surface area contributed by atoms with Gasteiger partial charge in [0, 0.05) is 6.54 Å². The molecule has 3 N–H and O–H groups in total. The van der Waals surface area contributed by atoms with Gasteiger partial charge in [0.15, 0.2) is 23.3 Å². The smallest absolute Gasteiger partial charge is 0.231 e. The fourth-order valence-electron chi connectivity index (χ4n) is 1.38. The molecular formula is C12H13F5N2O. The molecule has 0 aliphatic rings. The Hall–Kier alpha value is -1.70. The second-order valence-corrected chi connectivity index (χ2v) is 4.52. The van der Waals surface area contributed by atoms with Crippen molar-refractivity contribution in [1.29, 1.82) is 0 Å². The highest BCUT2D eigenvalue weighted by Gasteiger charge is 2.33. The Morgan fingerprint density at radius 3 is 1.80 bits per heavy atom. The molecule has 0 spiro atoms. The number of nitrogens with one attached hydrogen (secondary N) is 1. The van der Waals surface area contributed by atoms with Crippen molar-refractivity contribution in [2.24, 2.45) is 11.1 Å². The molecule has 20 heavy (non-hydrogen) atoms. The predicted molar refractivity (Wildman–Crippen MR) is 62.3 cm³/mol. The third-order valence-electron chi connectivity index (χ3n) is 3.23. The molecule has 0 fully saturated rings. The van der Waals surface area contributed by atoms with E-state index in [0.29, 0.717) is 0 Å². The maximum atomic E-state index is 13.4.